The Balaban J connectivity index is 1.51. The van der Waals surface area contributed by atoms with Crippen molar-refractivity contribution in [3.63, 3.8) is 0 Å². The normalized spacial score (nSPS) is 10.3. The lowest BCUT2D eigenvalue weighted by Crippen LogP contribution is -2.31. The monoisotopic (exact) mass is 426 g/mol. The molecule has 0 heterocycles. The van der Waals surface area contributed by atoms with E-state index in [-0.39, 0.29) is 11.9 Å². The second-order valence-electron chi connectivity index (χ2n) is 7.23. The van der Waals surface area contributed by atoms with E-state index < -0.39 is 0 Å². The lowest BCUT2D eigenvalue weighted by molar-refractivity contribution is 0.279. The molecule has 2 aromatic rings. The van der Waals surface area contributed by atoms with Gasteiger partial charge in [0.25, 0.3) is 0 Å². The number of nitrogens with two attached hydrogens (primary N) is 2. The highest BCUT2D eigenvalue weighted by molar-refractivity contribution is 5.74. The third-order valence-electron chi connectivity index (χ3n) is 4.63. The van der Waals surface area contributed by atoms with Crippen LogP contribution in [-0.2, 0) is 12.8 Å². The molecule has 2 aromatic carbocycles. The van der Waals surface area contributed by atoms with Gasteiger partial charge in [-0.05, 0) is 67.5 Å². The summed E-state index contributed by atoms with van der Waals surface area (Å²) in [6.45, 7) is 2.68. The molecule has 0 radical (unpaired) electrons. The molecule has 0 aliphatic carbocycles. The summed E-state index contributed by atoms with van der Waals surface area (Å²) in [5.74, 6) is 1.74. The SMILES string of the molecule is N=C(N)NCCc1ccc(OCCCCCOc2ccc(CCNC(=N)N)cc2)cc1. The lowest BCUT2D eigenvalue weighted by atomic mass is 10.1. The standard InChI is InChI=1S/C23H34N6O2/c24-22(25)28-14-12-18-4-8-20(9-5-18)30-16-2-1-3-17-31-21-10-6-19(7-11-21)13-15-29-23(26)27/h4-11H,1-3,12-17H2,(H4,24,25,28)(H4,26,27,29). The van der Waals surface area contributed by atoms with E-state index in [0.717, 1.165) is 43.6 Å². The molecule has 0 unspecified atom stereocenters. The first-order valence-corrected chi connectivity index (χ1v) is 10.6. The fraction of sp³-hybridized carbons (Fsp3) is 0.391. The largest absolute Gasteiger partial charge is 0.494 e. The van der Waals surface area contributed by atoms with Crippen LogP contribution in [0.15, 0.2) is 48.5 Å². The second kappa shape index (κ2) is 13.7. The van der Waals surface area contributed by atoms with Crippen LogP contribution in [0.1, 0.15) is 30.4 Å². The summed E-state index contributed by atoms with van der Waals surface area (Å²) in [7, 11) is 0. The van der Waals surface area contributed by atoms with Crippen LogP contribution in [-0.4, -0.2) is 38.2 Å². The molecule has 8 heteroatoms. The quantitative estimate of drug-likeness (QED) is 0.156. The van der Waals surface area contributed by atoms with Gasteiger partial charge < -0.3 is 31.6 Å². The summed E-state index contributed by atoms with van der Waals surface area (Å²) in [5.41, 5.74) is 12.9. The minimum Gasteiger partial charge on any atom is -0.494 e. The van der Waals surface area contributed by atoms with E-state index in [1.54, 1.807) is 0 Å². The molecule has 0 saturated heterocycles. The van der Waals surface area contributed by atoms with Crippen LogP contribution in [0, 0.1) is 10.8 Å². The predicted octanol–water partition coefficient (Wildman–Crippen LogP) is 2.37. The third kappa shape index (κ3) is 10.8. The smallest absolute Gasteiger partial charge is 0.185 e. The molecule has 168 valence electrons. The Bertz CT molecular complexity index is 725. The van der Waals surface area contributed by atoms with Crippen molar-refractivity contribution in [3.8, 4) is 11.5 Å². The van der Waals surface area contributed by atoms with Crippen LogP contribution in [0.25, 0.3) is 0 Å². The van der Waals surface area contributed by atoms with Crippen molar-refractivity contribution in [2.24, 2.45) is 11.5 Å². The molecule has 0 atom stereocenters. The second-order valence-corrected chi connectivity index (χ2v) is 7.23. The number of benzene rings is 2. The predicted molar refractivity (Wildman–Crippen MR) is 125 cm³/mol. The summed E-state index contributed by atoms with van der Waals surface area (Å²) in [5, 5.41) is 19.9. The molecule has 0 fully saturated rings. The van der Waals surface area contributed by atoms with Gasteiger partial charge >= 0.3 is 0 Å². The van der Waals surface area contributed by atoms with Gasteiger partial charge in [0, 0.05) is 13.1 Å². The van der Waals surface area contributed by atoms with Crippen molar-refractivity contribution < 1.29 is 9.47 Å². The molecule has 0 aliphatic rings. The first kappa shape index (κ1) is 23.9. The van der Waals surface area contributed by atoms with E-state index in [1.165, 1.54) is 11.1 Å². The van der Waals surface area contributed by atoms with Gasteiger partial charge in [0.1, 0.15) is 11.5 Å². The number of rotatable bonds is 14. The minimum absolute atomic E-state index is 0.00140. The molecule has 8 N–H and O–H groups in total. The van der Waals surface area contributed by atoms with Gasteiger partial charge in [-0.25, -0.2) is 0 Å². The molecule has 0 aliphatic heterocycles. The van der Waals surface area contributed by atoms with Crippen LogP contribution in [0.5, 0.6) is 11.5 Å². The average molecular weight is 427 g/mol. The lowest BCUT2D eigenvalue weighted by Gasteiger charge is -2.09. The van der Waals surface area contributed by atoms with Crippen LogP contribution < -0.4 is 31.6 Å². The van der Waals surface area contributed by atoms with E-state index in [9.17, 15) is 0 Å². The highest BCUT2D eigenvalue weighted by Gasteiger charge is 1.99. The van der Waals surface area contributed by atoms with E-state index in [1.807, 2.05) is 48.5 Å². The molecule has 0 bridgehead atoms. The minimum atomic E-state index is -0.00140. The Morgan fingerprint density at radius 3 is 1.39 bits per heavy atom. The number of ether oxygens (including phenoxy) is 2. The Morgan fingerprint density at radius 2 is 1.03 bits per heavy atom. The Morgan fingerprint density at radius 1 is 0.645 bits per heavy atom. The number of unbranched alkanes of at least 4 members (excludes halogenated alkanes) is 2. The fourth-order valence-corrected chi connectivity index (χ4v) is 2.95. The number of hydrogen-bond donors (Lipinski definition) is 6. The molecule has 0 amide bonds. The molecule has 2 rings (SSSR count). The maximum absolute atomic E-state index is 7.14. The number of nitrogens with one attached hydrogen (secondary N) is 4. The molecule has 0 saturated carbocycles. The van der Waals surface area contributed by atoms with Gasteiger partial charge in [0.05, 0.1) is 13.2 Å². The van der Waals surface area contributed by atoms with Crippen molar-refractivity contribution in [1.82, 2.24) is 10.6 Å². The maximum atomic E-state index is 7.14. The Hall–Kier alpha value is -3.42. The molecule has 31 heavy (non-hydrogen) atoms. The third-order valence-corrected chi connectivity index (χ3v) is 4.63. The van der Waals surface area contributed by atoms with Crippen LogP contribution in [0.2, 0.25) is 0 Å². The number of guanidine groups is 2. The first-order chi connectivity index (χ1) is 15.0. The highest BCUT2D eigenvalue weighted by Crippen LogP contribution is 2.15. The zero-order valence-corrected chi connectivity index (χ0v) is 18.0. The van der Waals surface area contributed by atoms with E-state index >= 15 is 0 Å². The first-order valence-electron chi connectivity index (χ1n) is 10.6. The zero-order valence-electron chi connectivity index (χ0n) is 18.0. The average Bonchev–Trinajstić information content (AvgIpc) is 2.74. The van der Waals surface area contributed by atoms with Gasteiger partial charge in [-0.15, -0.1) is 0 Å². The van der Waals surface area contributed by atoms with Crippen molar-refractivity contribution in [2.75, 3.05) is 26.3 Å². The van der Waals surface area contributed by atoms with E-state index in [4.69, 9.17) is 31.8 Å². The topological polar surface area (TPSA) is 142 Å². The highest BCUT2D eigenvalue weighted by atomic mass is 16.5. The van der Waals surface area contributed by atoms with Crippen LogP contribution in [0.4, 0.5) is 0 Å². The number of hydrogen-bond acceptors (Lipinski definition) is 4. The summed E-state index contributed by atoms with van der Waals surface area (Å²) in [6, 6.07) is 16.1. The summed E-state index contributed by atoms with van der Waals surface area (Å²) in [4.78, 5) is 0. The van der Waals surface area contributed by atoms with Gasteiger partial charge in [-0.1, -0.05) is 24.3 Å². The van der Waals surface area contributed by atoms with E-state index in [0.29, 0.717) is 26.3 Å². The summed E-state index contributed by atoms with van der Waals surface area (Å²) in [6.07, 6.45) is 4.65. The fourth-order valence-electron chi connectivity index (χ4n) is 2.95. The Kier molecular flexibility index (Phi) is 10.6. The summed E-state index contributed by atoms with van der Waals surface area (Å²) < 4.78 is 11.6. The van der Waals surface area contributed by atoms with Gasteiger partial charge in [0.2, 0.25) is 0 Å². The van der Waals surface area contributed by atoms with E-state index in [2.05, 4.69) is 10.6 Å². The van der Waals surface area contributed by atoms with Crippen LogP contribution in [0.3, 0.4) is 0 Å². The Labute approximate surface area is 184 Å². The van der Waals surface area contributed by atoms with Crippen LogP contribution >= 0.6 is 0 Å². The van der Waals surface area contributed by atoms with Gasteiger partial charge in [0.15, 0.2) is 11.9 Å². The van der Waals surface area contributed by atoms with Crippen molar-refractivity contribution in [3.05, 3.63) is 59.7 Å². The molecule has 0 aromatic heterocycles. The zero-order chi connectivity index (χ0) is 22.3. The molecule has 8 nitrogen and oxygen atoms in total. The van der Waals surface area contributed by atoms with Gasteiger partial charge in [-0.3, -0.25) is 10.8 Å². The molecule has 0 spiro atoms. The molecular weight excluding hydrogens is 392 g/mol. The van der Waals surface area contributed by atoms with Crippen molar-refractivity contribution >= 4 is 11.9 Å². The summed E-state index contributed by atoms with van der Waals surface area (Å²) >= 11 is 0. The molecular formula is C23H34N6O2. The maximum Gasteiger partial charge on any atom is 0.185 e. The van der Waals surface area contributed by atoms with Crippen molar-refractivity contribution in [1.29, 1.82) is 10.8 Å². The van der Waals surface area contributed by atoms with Gasteiger partial charge in [-0.2, -0.15) is 0 Å². The van der Waals surface area contributed by atoms with Crippen molar-refractivity contribution in [2.45, 2.75) is 32.1 Å².